The number of aromatic carboxylic acids is 1. The Morgan fingerprint density at radius 2 is 2.16 bits per heavy atom. The van der Waals surface area contributed by atoms with Crippen molar-refractivity contribution in [2.24, 2.45) is 7.05 Å². The lowest BCUT2D eigenvalue weighted by Crippen LogP contribution is -2.07. The van der Waals surface area contributed by atoms with Crippen LogP contribution in [0.15, 0.2) is 24.4 Å². The van der Waals surface area contributed by atoms with Crippen molar-refractivity contribution >= 4 is 11.7 Å². The Labute approximate surface area is 111 Å². The van der Waals surface area contributed by atoms with E-state index in [4.69, 9.17) is 5.11 Å². The monoisotopic (exact) mass is 259 g/mol. The van der Waals surface area contributed by atoms with Crippen LogP contribution in [0.1, 0.15) is 27.2 Å². The van der Waals surface area contributed by atoms with Crippen LogP contribution in [-0.4, -0.2) is 20.9 Å². The summed E-state index contributed by atoms with van der Waals surface area (Å²) in [6.07, 6.45) is 1.79. The first-order valence-corrected chi connectivity index (χ1v) is 6.04. The molecule has 0 aliphatic heterocycles. The van der Waals surface area contributed by atoms with Crippen LogP contribution in [0.25, 0.3) is 0 Å². The summed E-state index contributed by atoms with van der Waals surface area (Å²) in [4.78, 5) is 11.2. The quantitative estimate of drug-likeness (QED) is 0.884. The van der Waals surface area contributed by atoms with Gasteiger partial charge in [0.2, 0.25) is 0 Å². The van der Waals surface area contributed by atoms with Crippen molar-refractivity contribution < 1.29 is 9.90 Å². The molecule has 19 heavy (non-hydrogen) atoms. The van der Waals surface area contributed by atoms with Gasteiger partial charge in [-0.1, -0.05) is 6.07 Å². The summed E-state index contributed by atoms with van der Waals surface area (Å²) in [7, 11) is 1.88. The minimum Gasteiger partial charge on any atom is -0.478 e. The maximum Gasteiger partial charge on any atom is 0.337 e. The molecule has 2 rings (SSSR count). The average Bonchev–Trinajstić information content (AvgIpc) is 2.67. The minimum atomic E-state index is -0.926. The highest BCUT2D eigenvalue weighted by Gasteiger charge is 2.10. The predicted molar refractivity (Wildman–Crippen MR) is 73.4 cm³/mol. The van der Waals surface area contributed by atoms with Gasteiger partial charge >= 0.3 is 5.97 Å². The number of hydrogen-bond donors (Lipinski definition) is 2. The lowest BCUT2D eigenvalue weighted by atomic mass is 10.1. The van der Waals surface area contributed by atoms with Crippen molar-refractivity contribution in [2.45, 2.75) is 20.4 Å². The Hall–Kier alpha value is -2.30. The van der Waals surface area contributed by atoms with Crippen molar-refractivity contribution in [1.82, 2.24) is 9.78 Å². The number of carboxylic acid groups (broad SMARTS) is 1. The third-order valence-electron chi connectivity index (χ3n) is 3.21. The first-order chi connectivity index (χ1) is 8.99. The van der Waals surface area contributed by atoms with Crippen LogP contribution in [-0.2, 0) is 13.6 Å². The summed E-state index contributed by atoms with van der Waals surface area (Å²) >= 11 is 0. The number of rotatable bonds is 4. The third-order valence-corrected chi connectivity index (χ3v) is 3.21. The molecule has 0 aliphatic carbocycles. The molecule has 100 valence electrons. The normalized spacial score (nSPS) is 10.5. The zero-order valence-corrected chi connectivity index (χ0v) is 11.3. The lowest BCUT2D eigenvalue weighted by Gasteiger charge is -2.10. The molecule has 0 saturated heterocycles. The number of aromatic nitrogens is 2. The Kier molecular flexibility index (Phi) is 3.55. The molecule has 0 saturated carbocycles. The standard InChI is InChI=1S/C14H17N3O2/c1-9-4-5-12(14(18)19)13(6-9)15-7-11-8-16-17(3)10(11)2/h4-6,8,15H,7H2,1-3H3,(H,18,19). The van der Waals surface area contributed by atoms with Crippen LogP contribution >= 0.6 is 0 Å². The van der Waals surface area contributed by atoms with E-state index in [2.05, 4.69) is 10.4 Å². The Morgan fingerprint density at radius 1 is 1.42 bits per heavy atom. The highest BCUT2D eigenvalue weighted by Crippen LogP contribution is 2.19. The van der Waals surface area contributed by atoms with Crippen LogP contribution in [0.5, 0.6) is 0 Å². The van der Waals surface area contributed by atoms with Crippen LogP contribution in [0.4, 0.5) is 5.69 Å². The SMILES string of the molecule is Cc1ccc(C(=O)O)c(NCc2cnn(C)c2C)c1. The van der Waals surface area contributed by atoms with E-state index in [1.165, 1.54) is 0 Å². The number of hydrogen-bond acceptors (Lipinski definition) is 3. The molecular formula is C14H17N3O2. The second-order valence-electron chi connectivity index (χ2n) is 4.59. The summed E-state index contributed by atoms with van der Waals surface area (Å²) in [5.74, 6) is -0.926. The van der Waals surface area contributed by atoms with Gasteiger partial charge in [-0.3, -0.25) is 4.68 Å². The number of nitrogens with one attached hydrogen (secondary N) is 1. The molecular weight excluding hydrogens is 242 g/mol. The van der Waals surface area contributed by atoms with Gasteiger partial charge in [-0.25, -0.2) is 4.79 Å². The van der Waals surface area contributed by atoms with E-state index in [1.807, 2.05) is 27.0 Å². The molecule has 0 fully saturated rings. The first-order valence-electron chi connectivity index (χ1n) is 6.04. The van der Waals surface area contributed by atoms with Gasteiger partial charge in [0.25, 0.3) is 0 Å². The number of nitrogens with zero attached hydrogens (tertiary/aromatic N) is 2. The molecule has 1 aromatic heterocycles. The van der Waals surface area contributed by atoms with E-state index in [0.29, 0.717) is 12.2 Å². The summed E-state index contributed by atoms with van der Waals surface area (Å²) in [6, 6.07) is 5.26. The van der Waals surface area contributed by atoms with Crippen molar-refractivity contribution in [1.29, 1.82) is 0 Å². The van der Waals surface area contributed by atoms with Gasteiger partial charge in [-0.2, -0.15) is 5.10 Å². The van der Waals surface area contributed by atoms with E-state index in [-0.39, 0.29) is 5.56 Å². The van der Waals surface area contributed by atoms with E-state index >= 15 is 0 Å². The van der Waals surface area contributed by atoms with Crippen LogP contribution in [0.3, 0.4) is 0 Å². The molecule has 0 bridgehead atoms. The topological polar surface area (TPSA) is 67.2 Å². The fourth-order valence-electron chi connectivity index (χ4n) is 1.90. The van der Waals surface area contributed by atoms with Gasteiger partial charge in [0.15, 0.2) is 0 Å². The van der Waals surface area contributed by atoms with Gasteiger partial charge in [-0.15, -0.1) is 0 Å². The summed E-state index contributed by atoms with van der Waals surface area (Å²) in [5.41, 5.74) is 4.07. The maximum atomic E-state index is 11.2. The summed E-state index contributed by atoms with van der Waals surface area (Å²) < 4.78 is 1.80. The van der Waals surface area contributed by atoms with Gasteiger partial charge in [0, 0.05) is 30.5 Å². The van der Waals surface area contributed by atoms with Crippen LogP contribution < -0.4 is 5.32 Å². The molecule has 0 spiro atoms. The second-order valence-corrected chi connectivity index (χ2v) is 4.59. The van der Waals surface area contributed by atoms with E-state index in [1.54, 1.807) is 23.0 Å². The fourth-order valence-corrected chi connectivity index (χ4v) is 1.90. The highest BCUT2D eigenvalue weighted by molar-refractivity contribution is 5.94. The maximum absolute atomic E-state index is 11.2. The first kappa shape index (κ1) is 13.1. The highest BCUT2D eigenvalue weighted by atomic mass is 16.4. The molecule has 2 N–H and O–H groups in total. The molecule has 1 aromatic carbocycles. The van der Waals surface area contributed by atoms with Gasteiger partial charge in [0.1, 0.15) is 0 Å². The third kappa shape index (κ3) is 2.76. The minimum absolute atomic E-state index is 0.284. The zero-order valence-electron chi connectivity index (χ0n) is 11.3. The molecule has 1 heterocycles. The van der Waals surface area contributed by atoms with Gasteiger partial charge < -0.3 is 10.4 Å². The van der Waals surface area contributed by atoms with E-state index in [9.17, 15) is 4.79 Å². The van der Waals surface area contributed by atoms with Crippen molar-refractivity contribution in [3.8, 4) is 0 Å². The molecule has 0 aliphatic rings. The van der Waals surface area contributed by atoms with Crippen molar-refractivity contribution in [3.05, 3.63) is 46.8 Å². The average molecular weight is 259 g/mol. The zero-order chi connectivity index (χ0) is 14.0. The van der Waals surface area contributed by atoms with Crippen molar-refractivity contribution in [3.63, 3.8) is 0 Å². The summed E-state index contributed by atoms with van der Waals surface area (Å²) in [6.45, 7) is 4.48. The molecule has 5 heteroatoms. The molecule has 2 aromatic rings. The molecule has 0 atom stereocenters. The van der Waals surface area contributed by atoms with E-state index in [0.717, 1.165) is 16.8 Å². The summed E-state index contributed by atoms with van der Waals surface area (Å²) in [5, 5.41) is 16.5. The Balaban J connectivity index is 2.21. The Bertz CT molecular complexity index is 617. The number of carboxylic acids is 1. The molecule has 0 unspecified atom stereocenters. The van der Waals surface area contributed by atoms with Crippen molar-refractivity contribution in [2.75, 3.05) is 5.32 Å². The number of anilines is 1. The lowest BCUT2D eigenvalue weighted by molar-refractivity contribution is 0.0698. The molecule has 0 radical (unpaired) electrons. The predicted octanol–water partition coefficient (Wildman–Crippen LogP) is 2.35. The van der Waals surface area contributed by atoms with Gasteiger partial charge in [-0.05, 0) is 31.5 Å². The smallest absolute Gasteiger partial charge is 0.337 e. The largest absolute Gasteiger partial charge is 0.478 e. The molecule has 0 amide bonds. The van der Waals surface area contributed by atoms with E-state index < -0.39 is 5.97 Å². The van der Waals surface area contributed by atoms with Gasteiger partial charge in [0.05, 0.1) is 11.8 Å². The Morgan fingerprint density at radius 3 is 2.74 bits per heavy atom. The van der Waals surface area contributed by atoms with Crippen LogP contribution in [0, 0.1) is 13.8 Å². The number of carbonyl (C=O) groups is 1. The number of benzene rings is 1. The second kappa shape index (κ2) is 5.14. The number of aryl methyl sites for hydroxylation is 2. The fraction of sp³-hybridized carbons (Fsp3) is 0.286. The molecule has 5 nitrogen and oxygen atoms in total. The van der Waals surface area contributed by atoms with Crippen LogP contribution in [0.2, 0.25) is 0 Å².